The van der Waals surface area contributed by atoms with Gasteiger partial charge in [-0.3, -0.25) is 4.98 Å². The molecule has 0 fully saturated rings. The molecule has 0 atom stereocenters. The molecule has 0 radical (unpaired) electrons. The van der Waals surface area contributed by atoms with Gasteiger partial charge < -0.3 is 10.2 Å². The molecular formula is C15H27N3. The van der Waals surface area contributed by atoms with Gasteiger partial charge in [0.05, 0.1) is 5.69 Å². The van der Waals surface area contributed by atoms with Gasteiger partial charge in [-0.25, -0.2) is 0 Å². The Hall–Kier alpha value is -0.930. The van der Waals surface area contributed by atoms with E-state index in [1.165, 1.54) is 24.8 Å². The smallest absolute Gasteiger partial charge is 0.0544 e. The van der Waals surface area contributed by atoms with Gasteiger partial charge in [-0.05, 0) is 38.2 Å². The summed E-state index contributed by atoms with van der Waals surface area (Å²) in [6, 6.07) is 4.31. The average Bonchev–Trinajstić information content (AvgIpc) is 2.38. The molecule has 1 heterocycles. The van der Waals surface area contributed by atoms with Gasteiger partial charge >= 0.3 is 0 Å². The highest BCUT2D eigenvalue weighted by Crippen LogP contribution is 2.04. The molecule has 0 aromatic carbocycles. The molecule has 0 aliphatic heterocycles. The molecule has 1 aromatic rings. The summed E-state index contributed by atoms with van der Waals surface area (Å²) in [6.07, 6.45) is 5.87. The van der Waals surface area contributed by atoms with Crippen LogP contribution in [0.3, 0.4) is 0 Å². The van der Waals surface area contributed by atoms with Gasteiger partial charge in [-0.2, -0.15) is 0 Å². The molecule has 1 aromatic heterocycles. The van der Waals surface area contributed by atoms with E-state index >= 15 is 0 Å². The molecule has 1 N–H and O–H groups in total. The lowest BCUT2D eigenvalue weighted by atomic mass is 10.2. The predicted octanol–water partition coefficient (Wildman–Crippen LogP) is 2.81. The Balaban J connectivity index is 2.33. The number of hydrogen-bond acceptors (Lipinski definition) is 3. The van der Waals surface area contributed by atoms with Crippen molar-refractivity contribution in [1.29, 1.82) is 0 Å². The minimum Gasteiger partial charge on any atom is -0.313 e. The lowest BCUT2D eigenvalue weighted by Gasteiger charge is -2.15. The molecule has 102 valence electrons. The minimum atomic E-state index is 0.913. The van der Waals surface area contributed by atoms with Crippen LogP contribution in [-0.4, -0.2) is 30.0 Å². The molecule has 0 amide bonds. The van der Waals surface area contributed by atoms with E-state index in [0.717, 1.165) is 31.9 Å². The van der Waals surface area contributed by atoms with Gasteiger partial charge in [0.1, 0.15) is 0 Å². The van der Waals surface area contributed by atoms with Crippen LogP contribution in [0.4, 0.5) is 0 Å². The fourth-order valence-electron chi connectivity index (χ4n) is 1.91. The quantitative estimate of drug-likeness (QED) is 0.682. The highest BCUT2D eigenvalue weighted by atomic mass is 15.1. The molecule has 0 aliphatic carbocycles. The zero-order valence-corrected chi connectivity index (χ0v) is 12.1. The van der Waals surface area contributed by atoms with Crippen LogP contribution >= 0.6 is 0 Å². The molecule has 0 saturated heterocycles. The maximum atomic E-state index is 4.52. The molecule has 0 aliphatic rings. The summed E-state index contributed by atoms with van der Waals surface area (Å²) in [5.74, 6) is 0. The number of nitrogens with zero attached hydrogens (tertiary/aromatic N) is 2. The first-order valence-corrected chi connectivity index (χ1v) is 7.09. The molecule has 0 bridgehead atoms. The highest BCUT2D eigenvalue weighted by molar-refractivity contribution is 5.13. The Morgan fingerprint density at radius 2 is 2.06 bits per heavy atom. The Morgan fingerprint density at radius 3 is 2.67 bits per heavy atom. The first-order chi connectivity index (χ1) is 8.76. The third kappa shape index (κ3) is 6.12. The molecule has 18 heavy (non-hydrogen) atoms. The number of rotatable bonds is 9. The first kappa shape index (κ1) is 15.1. The van der Waals surface area contributed by atoms with E-state index in [2.05, 4.69) is 48.2 Å². The molecule has 3 nitrogen and oxygen atoms in total. The van der Waals surface area contributed by atoms with Crippen LogP contribution < -0.4 is 5.32 Å². The third-order valence-corrected chi connectivity index (χ3v) is 3.04. The second-order valence-electron chi connectivity index (χ2n) is 4.88. The van der Waals surface area contributed by atoms with Crippen LogP contribution in [0.5, 0.6) is 0 Å². The van der Waals surface area contributed by atoms with Crippen molar-refractivity contribution in [2.75, 3.05) is 20.1 Å². The minimum absolute atomic E-state index is 0.913. The van der Waals surface area contributed by atoms with Crippen LogP contribution in [0.1, 0.15) is 44.4 Å². The Morgan fingerprint density at radius 1 is 1.22 bits per heavy atom. The van der Waals surface area contributed by atoms with E-state index in [1.54, 1.807) is 0 Å². The fraction of sp³-hybridized carbons (Fsp3) is 0.667. The van der Waals surface area contributed by atoms with E-state index in [-0.39, 0.29) is 0 Å². The average molecular weight is 249 g/mol. The van der Waals surface area contributed by atoms with E-state index < -0.39 is 0 Å². The summed E-state index contributed by atoms with van der Waals surface area (Å²) in [4.78, 5) is 6.87. The number of hydrogen-bond donors (Lipinski definition) is 1. The predicted molar refractivity (Wildman–Crippen MR) is 77.5 cm³/mol. The molecule has 3 heteroatoms. The standard InChI is InChI=1S/C15H27N3/c1-4-6-7-10-18(3)13-15-9-8-14(12-17-15)11-16-5-2/h8-9,12,16H,4-7,10-11,13H2,1-3H3. The SMILES string of the molecule is CCCCCN(C)Cc1ccc(CNCC)cn1. The monoisotopic (exact) mass is 249 g/mol. The van der Waals surface area contributed by atoms with Gasteiger partial charge in [-0.1, -0.05) is 32.8 Å². The zero-order chi connectivity index (χ0) is 13.2. The summed E-state index contributed by atoms with van der Waals surface area (Å²) in [7, 11) is 2.17. The first-order valence-electron chi connectivity index (χ1n) is 7.09. The Bertz CT molecular complexity index is 308. The fourth-order valence-corrected chi connectivity index (χ4v) is 1.91. The summed E-state index contributed by atoms with van der Waals surface area (Å²) in [5, 5.41) is 3.31. The number of aromatic nitrogens is 1. The number of nitrogens with one attached hydrogen (secondary N) is 1. The normalized spacial score (nSPS) is 11.1. The van der Waals surface area contributed by atoms with Crippen molar-refractivity contribution < 1.29 is 0 Å². The van der Waals surface area contributed by atoms with Crippen molar-refractivity contribution in [3.63, 3.8) is 0 Å². The Labute approximate surface area is 112 Å². The Kier molecular flexibility index (Phi) is 7.62. The van der Waals surface area contributed by atoms with Crippen molar-refractivity contribution in [2.24, 2.45) is 0 Å². The van der Waals surface area contributed by atoms with Crippen LogP contribution in [0, 0.1) is 0 Å². The molecule has 1 rings (SSSR count). The highest BCUT2D eigenvalue weighted by Gasteiger charge is 2.01. The lowest BCUT2D eigenvalue weighted by Crippen LogP contribution is -2.20. The topological polar surface area (TPSA) is 28.2 Å². The van der Waals surface area contributed by atoms with E-state index in [0.29, 0.717) is 0 Å². The summed E-state index contributed by atoms with van der Waals surface area (Å²) in [5.41, 5.74) is 2.42. The van der Waals surface area contributed by atoms with E-state index in [9.17, 15) is 0 Å². The van der Waals surface area contributed by atoms with E-state index in [1.807, 2.05) is 6.20 Å². The maximum Gasteiger partial charge on any atom is 0.0544 e. The van der Waals surface area contributed by atoms with Gasteiger partial charge in [0.15, 0.2) is 0 Å². The van der Waals surface area contributed by atoms with Gasteiger partial charge in [-0.15, -0.1) is 0 Å². The molecule has 0 unspecified atom stereocenters. The van der Waals surface area contributed by atoms with Crippen molar-refractivity contribution in [1.82, 2.24) is 15.2 Å². The van der Waals surface area contributed by atoms with Gasteiger partial charge in [0.25, 0.3) is 0 Å². The van der Waals surface area contributed by atoms with Gasteiger partial charge in [0.2, 0.25) is 0 Å². The van der Waals surface area contributed by atoms with Crippen molar-refractivity contribution in [3.05, 3.63) is 29.6 Å². The molecule has 0 saturated carbocycles. The third-order valence-electron chi connectivity index (χ3n) is 3.04. The largest absolute Gasteiger partial charge is 0.313 e. The van der Waals surface area contributed by atoms with Crippen LogP contribution in [0.15, 0.2) is 18.3 Å². The van der Waals surface area contributed by atoms with Crippen molar-refractivity contribution in [3.8, 4) is 0 Å². The van der Waals surface area contributed by atoms with Crippen LogP contribution in [0.25, 0.3) is 0 Å². The number of unbranched alkanes of at least 4 members (excludes halogenated alkanes) is 2. The summed E-state index contributed by atoms with van der Waals surface area (Å²) >= 11 is 0. The van der Waals surface area contributed by atoms with Gasteiger partial charge in [0, 0.05) is 19.3 Å². The van der Waals surface area contributed by atoms with Crippen molar-refractivity contribution in [2.45, 2.75) is 46.2 Å². The second-order valence-corrected chi connectivity index (χ2v) is 4.88. The maximum absolute atomic E-state index is 4.52. The number of pyridine rings is 1. The van der Waals surface area contributed by atoms with Crippen LogP contribution in [-0.2, 0) is 13.1 Å². The zero-order valence-electron chi connectivity index (χ0n) is 12.1. The second kappa shape index (κ2) is 9.06. The van der Waals surface area contributed by atoms with Crippen molar-refractivity contribution >= 4 is 0 Å². The lowest BCUT2D eigenvalue weighted by molar-refractivity contribution is 0.314. The van der Waals surface area contributed by atoms with E-state index in [4.69, 9.17) is 0 Å². The summed E-state index contributed by atoms with van der Waals surface area (Å²) < 4.78 is 0. The van der Waals surface area contributed by atoms with Crippen LogP contribution in [0.2, 0.25) is 0 Å². The molecular weight excluding hydrogens is 222 g/mol. The molecule has 0 spiro atoms. The summed E-state index contributed by atoms with van der Waals surface area (Å²) in [6.45, 7) is 8.38.